The maximum atomic E-state index is 12.2. The van der Waals surface area contributed by atoms with E-state index in [-0.39, 0.29) is 5.75 Å². The minimum absolute atomic E-state index is 0.284. The summed E-state index contributed by atoms with van der Waals surface area (Å²) in [5.74, 6) is 0.749. The van der Waals surface area contributed by atoms with Gasteiger partial charge >= 0.3 is 0 Å². The molecule has 0 bridgehead atoms. The molecular formula is C15H16BClN4OS. The van der Waals surface area contributed by atoms with Crippen LogP contribution in [-0.4, -0.2) is 26.7 Å². The van der Waals surface area contributed by atoms with Gasteiger partial charge in [0.15, 0.2) is 5.82 Å². The summed E-state index contributed by atoms with van der Waals surface area (Å²) in [5, 5.41) is 4.62. The zero-order valence-electron chi connectivity index (χ0n) is 12.9. The van der Waals surface area contributed by atoms with E-state index in [0.29, 0.717) is 22.0 Å². The number of hydrogen-bond donors (Lipinski definition) is 1. The SMILES string of the molecule is CC.[B]c1ccc2c(NS(=O)Cc3ccccc3Cl)ncnn12. The van der Waals surface area contributed by atoms with Crippen molar-refractivity contribution in [2.75, 3.05) is 4.72 Å². The minimum atomic E-state index is -1.36. The molecule has 0 spiro atoms. The third-order valence-electron chi connectivity index (χ3n) is 2.94. The lowest BCUT2D eigenvalue weighted by Crippen LogP contribution is -2.15. The average Bonchev–Trinajstić information content (AvgIpc) is 2.94. The van der Waals surface area contributed by atoms with E-state index in [4.69, 9.17) is 19.4 Å². The maximum Gasteiger partial charge on any atom is 0.165 e. The largest absolute Gasteiger partial charge is 0.287 e. The molecule has 5 nitrogen and oxygen atoms in total. The van der Waals surface area contributed by atoms with Gasteiger partial charge in [-0.1, -0.05) is 43.6 Å². The van der Waals surface area contributed by atoms with Crippen LogP contribution in [0.3, 0.4) is 0 Å². The summed E-state index contributed by atoms with van der Waals surface area (Å²) in [5.41, 5.74) is 1.97. The predicted molar refractivity (Wildman–Crippen MR) is 96.6 cm³/mol. The third-order valence-corrected chi connectivity index (χ3v) is 4.30. The second-order valence-electron chi connectivity index (χ2n) is 4.35. The number of hydrogen-bond acceptors (Lipinski definition) is 3. The summed E-state index contributed by atoms with van der Waals surface area (Å²) >= 11 is 6.06. The van der Waals surface area contributed by atoms with E-state index in [0.717, 1.165) is 5.56 Å². The number of nitrogens with zero attached hydrogens (tertiary/aromatic N) is 3. The predicted octanol–water partition coefficient (Wildman–Crippen LogP) is 2.48. The van der Waals surface area contributed by atoms with Crippen molar-refractivity contribution in [2.24, 2.45) is 0 Å². The first-order valence-electron chi connectivity index (χ1n) is 7.12. The van der Waals surface area contributed by atoms with Crippen LogP contribution in [0.1, 0.15) is 19.4 Å². The molecule has 1 N–H and O–H groups in total. The zero-order valence-corrected chi connectivity index (χ0v) is 14.4. The number of benzene rings is 1. The molecular weight excluding hydrogens is 331 g/mol. The van der Waals surface area contributed by atoms with E-state index in [1.165, 1.54) is 10.8 Å². The zero-order chi connectivity index (χ0) is 16.8. The van der Waals surface area contributed by atoms with Crippen molar-refractivity contribution in [1.82, 2.24) is 14.6 Å². The first-order chi connectivity index (χ1) is 11.1. The van der Waals surface area contributed by atoms with E-state index in [1.807, 2.05) is 32.0 Å². The van der Waals surface area contributed by atoms with Gasteiger partial charge in [-0.3, -0.25) is 4.72 Å². The van der Waals surface area contributed by atoms with E-state index in [9.17, 15) is 4.21 Å². The van der Waals surface area contributed by atoms with Gasteiger partial charge in [-0.05, 0) is 29.4 Å². The lowest BCUT2D eigenvalue weighted by molar-refractivity contribution is 0.685. The van der Waals surface area contributed by atoms with Crippen LogP contribution in [0.4, 0.5) is 5.82 Å². The van der Waals surface area contributed by atoms with Gasteiger partial charge in [0.05, 0.1) is 5.75 Å². The molecule has 0 fully saturated rings. The number of halogens is 1. The molecule has 0 aliphatic heterocycles. The number of fused-ring (bicyclic) bond motifs is 1. The smallest absolute Gasteiger partial charge is 0.165 e. The second-order valence-corrected chi connectivity index (χ2v) is 5.94. The van der Waals surface area contributed by atoms with E-state index < -0.39 is 11.0 Å². The summed E-state index contributed by atoms with van der Waals surface area (Å²) in [6.07, 6.45) is 1.36. The quantitative estimate of drug-likeness (QED) is 0.738. The van der Waals surface area contributed by atoms with Gasteiger partial charge in [-0.15, -0.1) is 0 Å². The molecule has 8 heteroatoms. The maximum absolute atomic E-state index is 12.2. The fourth-order valence-electron chi connectivity index (χ4n) is 1.93. The van der Waals surface area contributed by atoms with E-state index in [2.05, 4.69) is 14.8 Å². The van der Waals surface area contributed by atoms with Crippen molar-refractivity contribution in [3.63, 3.8) is 0 Å². The molecule has 2 radical (unpaired) electrons. The Labute approximate surface area is 144 Å². The van der Waals surface area contributed by atoms with Crippen LogP contribution in [0, 0.1) is 0 Å². The van der Waals surface area contributed by atoms with Crippen molar-refractivity contribution in [3.05, 3.63) is 53.3 Å². The minimum Gasteiger partial charge on any atom is -0.287 e. The summed E-state index contributed by atoms with van der Waals surface area (Å²) in [6, 6.07) is 10.8. The number of nitrogens with one attached hydrogen (secondary N) is 1. The van der Waals surface area contributed by atoms with Crippen molar-refractivity contribution < 1.29 is 4.21 Å². The molecule has 118 valence electrons. The third kappa shape index (κ3) is 4.12. The summed E-state index contributed by atoms with van der Waals surface area (Å²) < 4.78 is 16.6. The highest BCUT2D eigenvalue weighted by Gasteiger charge is 2.10. The lowest BCUT2D eigenvalue weighted by Gasteiger charge is -2.08. The highest BCUT2D eigenvalue weighted by Crippen LogP contribution is 2.18. The normalized spacial score (nSPS) is 11.6. The summed E-state index contributed by atoms with van der Waals surface area (Å²) in [7, 11) is 4.41. The topological polar surface area (TPSA) is 59.3 Å². The highest BCUT2D eigenvalue weighted by atomic mass is 35.5. The number of rotatable bonds is 4. The average molecular weight is 347 g/mol. The molecule has 0 amide bonds. The number of aromatic nitrogens is 3. The Kier molecular flexibility index (Phi) is 6.18. The summed E-state index contributed by atoms with van der Waals surface area (Å²) in [4.78, 5) is 4.10. The van der Waals surface area contributed by atoms with Crippen molar-refractivity contribution in [1.29, 1.82) is 0 Å². The molecule has 23 heavy (non-hydrogen) atoms. The fraction of sp³-hybridized carbons (Fsp3) is 0.200. The molecule has 3 aromatic rings. The number of anilines is 1. The van der Waals surface area contributed by atoms with Crippen LogP contribution in [0.2, 0.25) is 5.02 Å². The van der Waals surface area contributed by atoms with Gasteiger partial charge in [0.25, 0.3) is 0 Å². The molecule has 1 atom stereocenters. The molecule has 0 saturated heterocycles. The van der Waals surface area contributed by atoms with Gasteiger partial charge in [-0.2, -0.15) is 5.10 Å². The Morgan fingerprint density at radius 3 is 2.74 bits per heavy atom. The van der Waals surface area contributed by atoms with Crippen LogP contribution < -0.4 is 10.3 Å². The first-order valence-corrected chi connectivity index (χ1v) is 8.81. The van der Waals surface area contributed by atoms with Gasteiger partial charge in [0.2, 0.25) is 0 Å². The Morgan fingerprint density at radius 1 is 1.26 bits per heavy atom. The molecule has 3 rings (SSSR count). The van der Waals surface area contributed by atoms with Crippen molar-refractivity contribution in [3.8, 4) is 0 Å². The second kappa shape index (κ2) is 8.13. The van der Waals surface area contributed by atoms with Crippen molar-refractivity contribution >= 4 is 47.4 Å². The molecule has 1 aromatic carbocycles. The molecule has 1 unspecified atom stereocenters. The monoisotopic (exact) mass is 346 g/mol. The van der Waals surface area contributed by atoms with Crippen molar-refractivity contribution in [2.45, 2.75) is 19.6 Å². The van der Waals surface area contributed by atoms with Gasteiger partial charge in [0, 0.05) is 5.02 Å². The highest BCUT2D eigenvalue weighted by molar-refractivity contribution is 7.85. The first kappa shape index (κ1) is 17.5. The van der Waals surface area contributed by atoms with E-state index in [1.54, 1.807) is 18.2 Å². The van der Waals surface area contributed by atoms with Crippen LogP contribution in [-0.2, 0) is 16.7 Å². The molecule has 0 saturated carbocycles. The van der Waals surface area contributed by atoms with Crippen LogP contribution in [0.25, 0.3) is 5.52 Å². The van der Waals surface area contributed by atoms with Crippen LogP contribution >= 0.6 is 11.6 Å². The standard InChI is InChI=1S/C13H10BClN4OS.C2H6/c14-12-6-5-11-13(16-8-17-19(11)12)18-21(20)7-9-3-1-2-4-10(9)15;1-2/h1-6,8H,7H2,(H,16,17,18);1-2H3. The molecule has 0 aliphatic rings. The lowest BCUT2D eigenvalue weighted by atomic mass is 10.1. The van der Waals surface area contributed by atoms with E-state index >= 15 is 0 Å². The summed E-state index contributed by atoms with van der Waals surface area (Å²) in [6.45, 7) is 4.00. The Balaban J connectivity index is 0.000000924. The Morgan fingerprint density at radius 2 is 2.00 bits per heavy atom. The molecule has 0 aliphatic carbocycles. The van der Waals surface area contributed by atoms with Crippen LogP contribution in [0.5, 0.6) is 0 Å². The van der Waals surface area contributed by atoms with Crippen LogP contribution in [0.15, 0.2) is 42.7 Å². The Bertz CT molecular complexity index is 824. The van der Waals surface area contributed by atoms with Gasteiger partial charge in [-0.25, -0.2) is 13.7 Å². The van der Waals surface area contributed by atoms with Gasteiger partial charge in [0.1, 0.15) is 30.7 Å². The fourth-order valence-corrected chi connectivity index (χ4v) is 3.19. The van der Waals surface area contributed by atoms with Gasteiger partial charge < -0.3 is 0 Å². The molecule has 2 heterocycles. The molecule has 2 aromatic heterocycles. The Hall–Kier alpha value is -1.86.